The lowest BCUT2D eigenvalue weighted by molar-refractivity contribution is 0.243. The van der Waals surface area contributed by atoms with Crippen LogP contribution in [-0.4, -0.2) is 37.3 Å². The fourth-order valence-corrected chi connectivity index (χ4v) is 3.54. The predicted molar refractivity (Wildman–Crippen MR) is 101 cm³/mol. The second-order valence-corrected chi connectivity index (χ2v) is 7.03. The summed E-state index contributed by atoms with van der Waals surface area (Å²) < 4.78 is 15.3. The molecule has 3 aromatic rings. The zero-order valence-corrected chi connectivity index (χ0v) is 15.4. The molecule has 0 spiro atoms. The maximum atomic E-state index is 14.2. The van der Waals surface area contributed by atoms with Gasteiger partial charge in [0, 0.05) is 47.9 Å². The Kier molecular flexibility index (Phi) is 4.50. The summed E-state index contributed by atoms with van der Waals surface area (Å²) in [5, 5.41) is 7.27. The van der Waals surface area contributed by atoms with E-state index in [2.05, 4.69) is 25.4 Å². The third kappa shape index (κ3) is 3.19. The molecule has 0 aliphatic heterocycles. The van der Waals surface area contributed by atoms with Gasteiger partial charge >= 0.3 is 6.03 Å². The minimum atomic E-state index is -0.652. The number of hydrogen-bond donors (Lipinski definition) is 2. The van der Waals surface area contributed by atoms with Gasteiger partial charge < -0.3 is 11.1 Å². The summed E-state index contributed by atoms with van der Waals surface area (Å²) in [6.07, 6.45) is 9.27. The summed E-state index contributed by atoms with van der Waals surface area (Å²) in [7, 11) is 0. The molecule has 4 rings (SSSR count). The number of aromatic nitrogens is 5. The lowest BCUT2D eigenvalue weighted by Crippen LogP contribution is -2.42. The van der Waals surface area contributed by atoms with Crippen LogP contribution < -0.4 is 11.1 Å². The maximum absolute atomic E-state index is 14.2. The fourth-order valence-electron chi connectivity index (χ4n) is 3.54. The Balaban J connectivity index is 1.49. The molecular formula is C19H20FN7O. The Morgan fingerprint density at radius 2 is 2.07 bits per heavy atom. The third-order valence-corrected chi connectivity index (χ3v) is 5.24. The maximum Gasteiger partial charge on any atom is 0.339 e. The molecule has 8 nitrogen and oxygen atoms in total. The highest BCUT2D eigenvalue weighted by Gasteiger charge is 2.41. The van der Waals surface area contributed by atoms with Crippen molar-refractivity contribution in [2.75, 3.05) is 11.9 Å². The van der Waals surface area contributed by atoms with Crippen molar-refractivity contribution >= 4 is 12.0 Å². The largest absolute Gasteiger partial charge is 0.353 e. The number of halogens is 1. The molecule has 1 amide bonds. The second kappa shape index (κ2) is 6.99. The van der Waals surface area contributed by atoms with E-state index in [4.69, 9.17) is 5.73 Å². The molecule has 9 heteroatoms. The number of rotatable bonds is 5. The van der Waals surface area contributed by atoms with E-state index in [1.165, 1.54) is 6.07 Å². The molecule has 28 heavy (non-hydrogen) atoms. The molecule has 0 saturated heterocycles. The average molecular weight is 381 g/mol. The van der Waals surface area contributed by atoms with Crippen LogP contribution in [0.4, 0.5) is 15.1 Å². The number of nitrogens with zero attached hydrogens (tertiary/aromatic N) is 5. The highest BCUT2D eigenvalue weighted by Crippen LogP contribution is 2.43. The van der Waals surface area contributed by atoms with Crippen LogP contribution >= 0.6 is 0 Å². The Labute approximate surface area is 161 Å². The van der Waals surface area contributed by atoms with Gasteiger partial charge in [0.05, 0.1) is 11.4 Å². The van der Waals surface area contributed by atoms with Gasteiger partial charge in [0.15, 0.2) is 0 Å². The van der Waals surface area contributed by atoms with Gasteiger partial charge in [0.25, 0.3) is 0 Å². The van der Waals surface area contributed by atoms with Crippen LogP contribution in [0, 0.1) is 12.7 Å². The highest BCUT2D eigenvalue weighted by atomic mass is 19.1. The smallest absolute Gasteiger partial charge is 0.339 e. The van der Waals surface area contributed by atoms with E-state index in [-0.39, 0.29) is 11.2 Å². The van der Waals surface area contributed by atoms with Crippen LogP contribution in [0.5, 0.6) is 0 Å². The standard InChI is InChI=1S/C19H20FN7O/c1-12-14(10-27(26-12)17(21)28)13-8-23-18(24-9-13)25-11-19(5-3-6-19)16-15(20)4-2-7-22-16/h2,4,7-10H,3,5-6,11H2,1H3,(H2,21,28)(H,23,24,25). The van der Waals surface area contributed by atoms with E-state index < -0.39 is 6.03 Å². The topological polar surface area (TPSA) is 112 Å². The van der Waals surface area contributed by atoms with Crippen molar-refractivity contribution < 1.29 is 9.18 Å². The van der Waals surface area contributed by atoms with Crippen molar-refractivity contribution in [2.24, 2.45) is 5.73 Å². The van der Waals surface area contributed by atoms with Gasteiger partial charge in [-0.3, -0.25) is 4.98 Å². The number of hydrogen-bond acceptors (Lipinski definition) is 6. The van der Waals surface area contributed by atoms with Crippen molar-refractivity contribution in [3.05, 3.63) is 54.1 Å². The molecule has 3 aromatic heterocycles. The lowest BCUT2D eigenvalue weighted by atomic mass is 9.66. The molecule has 1 aliphatic rings. The highest BCUT2D eigenvalue weighted by molar-refractivity contribution is 5.76. The van der Waals surface area contributed by atoms with E-state index in [9.17, 15) is 9.18 Å². The van der Waals surface area contributed by atoms with Crippen LogP contribution in [-0.2, 0) is 5.41 Å². The van der Waals surface area contributed by atoms with Crippen LogP contribution in [0.1, 0.15) is 30.7 Å². The quantitative estimate of drug-likeness (QED) is 0.703. The van der Waals surface area contributed by atoms with Gasteiger partial charge in [-0.25, -0.2) is 19.2 Å². The molecule has 1 aliphatic carbocycles. The number of nitrogens with two attached hydrogens (primary N) is 1. The molecule has 1 saturated carbocycles. The van der Waals surface area contributed by atoms with Crippen molar-refractivity contribution in [1.29, 1.82) is 0 Å². The number of carbonyl (C=O) groups excluding carboxylic acids is 1. The fraction of sp³-hybridized carbons (Fsp3) is 0.316. The average Bonchev–Trinajstić information content (AvgIpc) is 3.05. The van der Waals surface area contributed by atoms with Crippen molar-refractivity contribution in [3.8, 4) is 11.1 Å². The zero-order chi connectivity index (χ0) is 19.7. The minimum Gasteiger partial charge on any atom is -0.353 e. The second-order valence-electron chi connectivity index (χ2n) is 7.03. The van der Waals surface area contributed by atoms with E-state index in [0.29, 0.717) is 23.9 Å². The van der Waals surface area contributed by atoms with Crippen LogP contribution in [0.2, 0.25) is 0 Å². The third-order valence-electron chi connectivity index (χ3n) is 5.24. The number of anilines is 1. The zero-order valence-electron chi connectivity index (χ0n) is 15.4. The first-order valence-corrected chi connectivity index (χ1v) is 9.02. The van der Waals surface area contributed by atoms with Gasteiger partial charge in [-0.15, -0.1) is 0 Å². The number of amides is 1. The van der Waals surface area contributed by atoms with Gasteiger partial charge in [0.2, 0.25) is 5.95 Å². The number of nitrogens with one attached hydrogen (secondary N) is 1. The molecule has 0 bridgehead atoms. The van der Waals surface area contributed by atoms with Crippen molar-refractivity contribution in [3.63, 3.8) is 0 Å². The van der Waals surface area contributed by atoms with E-state index in [1.54, 1.807) is 37.8 Å². The Hall–Kier alpha value is -3.36. The Bertz CT molecular complexity index is 1010. The van der Waals surface area contributed by atoms with Gasteiger partial charge in [-0.05, 0) is 31.9 Å². The molecule has 0 unspecified atom stereocenters. The monoisotopic (exact) mass is 381 g/mol. The molecule has 0 atom stereocenters. The molecule has 0 radical (unpaired) electrons. The molecule has 0 aromatic carbocycles. The summed E-state index contributed by atoms with van der Waals surface area (Å²) in [4.78, 5) is 24.2. The van der Waals surface area contributed by atoms with Crippen LogP contribution in [0.15, 0.2) is 36.9 Å². The summed E-state index contributed by atoms with van der Waals surface area (Å²) in [5.74, 6) is 0.175. The first kappa shape index (κ1) is 18.0. The number of carbonyl (C=O) groups is 1. The number of aryl methyl sites for hydroxylation is 1. The van der Waals surface area contributed by atoms with Crippen molar-refractivity contribution in [1.82, 2.24) is 24.7 Å². The molecule has 3 heterocycles. The van der Waals surface area contributed by atoms with Crippen LogP contribution in [0.3, 0.4) is 0 Å². The van der Waals surface area contributed by atoms with E-state index in [1.807, 2.05) is 0 Å². The first-order chi connectivity index (χ1) is 13.5. The summed E-state index contributed by atoms with van der Waals surface area (Å²) in [6, 6.07) is 2.39. The van der Waals surface area contributed by atoms with E-state index >= 15 is 0 Å². The normalized spacial score (nSPS) is 15.1. The molecular weight excluding hydrogens is 361 g/mol. The Morgan fingerprint density at radius 1 is 1.32 bits per heavy atom. The van der Waals surface area contributed by atoms with Gasteiger partial charge in [0.1, 0.15) is 5.82 Å². The molecule has 3 N–H and O–H groups in total. The molecule has 1 fully saturated rings. The lowest BCUT2D eigenvalue weighted by Gasteiger charge is -2.41. The van der Waals surface area contributed by atoms with E-state index in [0.717, 1.165) is 35.1 Å². The van der Waals surface area contributed by atoms with Crippen LogP contribution in [0.25, 0.3) is 11.1 Å². The Morgan fingerprint density at radius 3 is 2.64 bits per heavy atom. The SMILES string of the molecule is Cc1nn(C(N)=O)cc1-c1cnc(NCC2(c3ncccc3F)CCC2)nc1. The van der Waals surface area contributed by atoms with Gasteiger partial charge in [-0.2, -0.15) is 9.78 Å². The summed E-state index contributed by atoms with van der Waals surface area (Å²) >= 11 is 0. The first-order valence-electron chi connectivity index (χ1n) is 9.02. The summed E-state index contributed by atoms with van der Waals surface area (Å²) in [5.41, 5.74) is 7.53. The van der Waals surface area contributed by atoms with Gasteiger partial charge in [-0.1, -0.05) is 6.42 Å². The minimum absolute atomic E-state index is 0.276. The predicted octanol–water partition coefficient (Wildman–Crippen LogP) is 2.64. The summed E-state index contributed by atoms with van der Waals surface area (Å²) in [6.45, 7) is 2.29. The molecule has 144 valence electrons. The van der Waals surface area contributed by atoms with Crippen molar-refractivity contribution in [2.45, 2.75) is 31.6 Å². The number of primary amides is 1. The number of pyridine rings is 1.